The van der Waals surface area contributed by atoms with Gasteiger partial charge in [-0.2, -0.15) is 0 Å². The van der Waals surface area contributed by atoms with Crippen molar-refractivity contribution in [2.75, 3.05) is 37.4 Å². The lowest BCUT2D eigenvalue weighted by atomic mass is 10.2. The van der Waals surface area contributed by atoms with Crippen LogP contribution in [0.15, 0.2) is 36.3 Å². The van der Waals surface area contributed by atoms with Crippen LogP contribution >= 0.6 is 0 Å². The van der Waals surface area contributed by atoms with Gasteiger partial charge in [0.05, 0.1) is 31.3 Å². The van der Waals surface area contributed by atoms with E-state index >= 15 is 0 Å². The Bertz CT molecular complexity index is 972. The van der Waals surface area contributed by atoms with Gasteiger partial charge in [0.2, 0.25) is 5.70 Å². The van der Waals surface area contributed by atoms with Crippen LogP contribution in [0.1, 0.15) is 16.9 Å². The first kappa shape index (κ1) is 20.8. The number of carbonyl (C=O) groups is 2. The van der Waals surface area contributed by atoms with Gasteiger partial charge in [0.1, 0.15) is 17.8 Å². The number of hydrogen-bond acceptors (Lipinski definition) is 9. The standard InChI is InChI=1S/C18H22N10O2/c1-20-14(17(29)21-2)12(6-19)26-18(30)15-16(25-11-7-22-10-23-8-11)24-9-13(27-15)28-4-3-5-28/h6-10,19-20H,3-5H2,1-2H3,(H,21,29)(H,24,25)(H,26,30)/p+1/b14-12+,19-6?. The van der Waals surface area contributed by atoms with Crippen LogP contribution in [0.3, 0.4) is 0 Å². The van der Waals surface area contributed by atoms with E-state index in [1.807, 2.05) is 4.90 Å². The second-order valence-corrected chi connectivity index (χ2v) is 6.31. The predicted octanol–water partition coefficient (Wildman–Crippen LogP) is -1.25. The summed E-state index contributed by atoms with van der Waals surface area (Å²) in [5.41, 5.74) is 0.772. The van der Waals surface area contributed by atoms with Crippen LogP contribution in [0.4, 0.5) is 17.3 Å². The molecule has 12 nitrogen and oxygen atoms in total. The molecule has 2 aromatic heterocycles. The Morgan fingerprint density at radius 3 is 2.53 bits per heavy atom. The minimum absolute atomic E-state index is 0.0231. The second-order valence-electron chi connectivity index (χ2n) is 6.31. The summed E-state index contributed by atoms with van der Waals surface area (Å²) in [7, 11) is 3.12. The molecule has 12 heteroatoms. The zero-order chi connectivity index (χ0) is 21.5. The van der Waals surface area contributed by atoms with Crippen LogP contribution in [-0.2, 0) is 4.79 Å². The first-order valence-corrected chi connectivity index (χ1v) is 9.29. The lowest BCUT2D eigenvalue weighted by molar-refractivity contribution is -0.570. The van der Waals surface area contributed by atoms with Gasteiger partial charge in [0.15, 0.2) is 11.5 Å². The molecule has 3 heterocycles. The molecule has 3 rings (SSSR count). The minimum Gasteiger partial charge on any atom is -0.355 e. The van der Waals surface area contributed by atoms with Gasteiger partial charge >= 0.3 is 5.91 Å². The molecule has 2 amide bonds. The van der Waals surface area contributed by atoms with Crippen LogP contribution in [0.2, 0.25) is 0 Å². The largest absolute Gasteiger partial charge is 0.355 e. The maximum absolute atomic E-state index is 13.1. The smallest absolute Gasteiger partial charge is 0.307 e. The summed E-state index contributed by atoms with van der Waals surface area (Å²) in [4.78, 5) is 43.8. The molecule has 0 saturated carbocycles. The molecule has 1 aliphatic heterocycles. The third-order valence-electron chi connectivity index (χ3n) is 4.42. The number of aromatic nitrogens is 4. The van der Waals surface area contributed by atoms with E-state index in [0.29, 0.717) is 11.5 Å². The minimum atomic E-state index is -0.606. The van der Waals surface area contributed by atoms with Crippen molar-refractivity contribution >= 4 is 35.4 Å². The molecule has 0 spiro atoms. The van der Waals surface area contributed by atoms with E-state index in [0.717, 1.165) is 25.7 Å². The molecule has 30 heavy (non-hydrogen) atoms. The summed E-state index contributed by atoms with van der Waals surface area (Å²) in [6, 6.07) is 0. The van der Waals surface area contributed by atoms with Crippen LogP contribution in [0.5, 0.6) is 0 Å². The first-order chi connectivity index (χ1) is 14.6. The summed E-state index contributed by atoms with van der Waals surface area (Å²) < 4.78 is 0. The molecule has 0 radical (unpaired) electrons. The van der Waals surface area contributed by atoms with E-state index < -0.39 is 11.8 Å². The number of anilines is 3. The number of nitrogens with one attached hydrogen (secondary N) is 4. The number of nitrogens with two attached hydrogens (primary N) is 1. The zero-order valence-corrected chi connectivity index (χ0v) is 16.6. The van der Waals surface area contributed by atoms with Crippen LogP contribution in [0, 0.1) is 5.41 Å². The number of quaternary nitrogens is 1. The van der Waals surface area contributed by atoms with E-state index in [9.17, 15) is 9.59 Å². The molecule has 0 aromatic carbocycles. The fourth-order valence-corrected chi connectivity index (χ4v) is 2.73. The molecule has 156 valence electrons. The van der Waals surface area contributed by atoms with Gasteiger partial charge in [-0.05, 0) is 6.42 Å². The van der Waals surface area contributed by atoms with Gasteiger partial charge in [-0.1, -0.05) is 0 Å². The van der Waals surface area contributed by atoms with Crippen LogP contribution < -0.4 is 26.2 Å². The monoisotopic (exact) mass is 411 g/mol. The van der Waals surface area contributed by atoms with Crippen molar-refractivity contribution in [2.45, 2.75) is 6.42 Å². The lowest BCUT2D eigenvalue weighted by Crippen LogP contribution is -2.80. The molecular formula is C18H23N10O2+. The molecule has 1 fully saturated rings. The fraction of sp³-hybridized carbons (Fsp3) is 0.278. The van der Waals surface area contributed by atoms with Gasteiger partial charge in [-0.3, -0.25) is 9.59 Å². The van der Waals surface area contributed by atoms with Crippen molar-refractivity contribution in [1.29, 1.82) is 5.41 Å². The summed E-state index contributed by atoms with van der Waals surface area (Å²) in [6.45, 7) is 1.68. The molecule has 0 atom stereocenters. The molecule has 0 aliphatic carbocycles. The number of allylic oxidation sites excluding steroid dienone is 1. The van der Waals surface area contributed by atoms with Gasteiger partial charge < -0.3 is 31.6 Å². The zero-order valence-electron chi connectivity index (χ0n) is 16.6. The van der Waals surface area contributed by atoms with E-state index in [1.54, 1.807) is 25.6 Å². The number of hydrogen-bond donors (Lipinski definition) is 5. The van der Waals surface area contributed by atoms with Gasteiger partial charge in [-0.25, -0.2) is 19.9 Å². The Labute approximate surface area is 172 Å². The molecule has 0 unspecified atom stereocenters. The molecule has 6 N–H and O–H groups in total. The van der Waals surface area contributed by atoms with E-state index in [2.05, 4.69) is 35.9 Å². The van der Waals surface area contributed by atoms with E-state index in [-0.39, 0.29) is 22.9 Å². The van der Waals surface area contributed by atoms with Crippen molar-refractivity contribution in [2.24, 2.45) is 0 Å². The Hall–Kier alpha value is -3.93. The Morgan fingerprint density at radius 1 is 1.23 bits per heavy atom. The highest BCUT2D eigenvalue weighted by molar-refractivity contribution is 6.04. The number of rotatable bonds is 8. The third-order valence-corrected chi connectivity index (χ3v) is 4.42. The first-order valence-electron chi connectivity index (χ1n) is 9.29. The normalized spacial score (nSPS) is 13.6. The maximum Gasteiger partial charge on any atom is 0.307 e. The van der Waals surface area contributed by atoms with Crippen molar-refractivity contribution in [3.63, 3.8) is 0 Å². The summed E-state index contributed by atoms with van der Waals surface area (Å²) in [5, 5.41) is 17.2. The lowest BCUT2D eigenvalue weighted by Gasteiger charge is -2.32. The van der Waals surface area contributed by atoms with Gasteiger partial charge in [-0.15, -0.1) is 0 Å². The summed E-state index contributed by atoms with van der Waals surface area (Å²) >= 11 is 0. The fourth-order valence-electron chi connectivity index (χ4n) is 2.73. The van der Waals surface area contributed by atoms with Crippen molar-refractivity contribution in [3.05, 3.63) is 42.0 Å². The summed E-state index contributed by atoms with van der Waals surface area (Å²) in [6.07, 6.45) is 8.02. The van der Waals surface area contributed by atoms with Gasteiger partial charge in [0.25, 0.3) is 5.91 Å². The van der Waals surface area contributed by atoms with E-state index in [4.69, 9.17) is 5.41 Å². The molecular weight excluding hydrogens is 388 g/mol. The molecule has 1 aliphatic rings. The van der Waals surface area contributed by atoms with Crippen LogP contribution in [-0.4, -0.2) is 65.1 Å². The highest BCUT2D eigenvalue weighted by atomic mass is 16.2. The second kappa shape index (κ2) is 9.52. The Kier molecular flexibility index (Phi) is 6.60. The quantitative estimate of drug-likeness (QED) is 0.265. The van der Waals surface area contributed by atoms with Crippen molar-refractivity contribution in [3.8, 4) is 0 Å². The Balaban J connectivity index is 1.96. The third kappa shape index (κ3) is 4.55. The van der Waals surface area contributed by atoms with E-state index in [1.165, 1.54) is 18.7 Å². The highest BCUT2D eigenvalue weighted by Crippen LogP contribution is 2.22. The molecule has 2 aromatic rings. The Morgan fingerprint density at radius 2 is 1.97 bits per heavy atom. The average Bonchev–Trinajstić information content (AvgIpc) is 2.73. The van der Waals surface area contributed by atoms with Gasteiger partial charge in [0, 0.05) is 26.4 Å². The van der Waals surface area contributed by atoms with Crippen molar-refractivity contribution in [1.82, 2.24) is 30.6 Å². The summed E-state index contributed by atoms with van der Waals surface area (Å²) in [5.74, 6) is -0.240. The SMILES string of the molecule is CNC(=O)/C([NH2+]C)=C(/C=N)NC(=O)c1nc(N2CCC2)cnc1Nc1cncnc1. The predicted molar refractivity (Wildman–Crippen MR) is 109 cm³/mol. The maximum atomic E-state index is 13.1. The average molecular weight is 411 g/mol. The number of carbonyl (C=O) groups excluding carboxylic acids is 2. The topological polar surface area (TPSA) is 165 Å². The highest BCUT2D eigenvalue weighted by Gasteiger charge is 2.24. The molecule has 1 saturated heterocycles. The number of likely N-dealkylation sites (N-methyl/N-ethyl adjacent to an activating group) is 2. The number of amides is 2. The van der Waals surface area contributed by atoms with Crippen molar-refractivity contribution < 1.29 is 14.9 Å². The number of nitrogens with zero attached hydrogens (tertiary/aromatic N) is 5. The molecule has 0 bridgehead atoms. The van der Waals surface area contributed by atoms with Crippen LogP contribution in [0.25, 0.3) is 0 Å².